The fourth-order valence-corrected chi connectivity index (χ4v) is 3.34. The number of carbonyl (C=O) groups excluding carboxylic acids is 1. The average molecular weight is 502 g/mol. The van der Waals surface area contributed by atoms with Crippen molar-refractivity contribution < 1.29 is 18.8 Å². The van der Waals surface area contributed by atoms with Gasteiger partial charge < -0.3 is 10.1 Å². The van der Waals surface area contributed by atoms with Crippen molar-refractivity contribution in [3.8, 4) is 23.1 Å². The highest BCUT2D eigenvalue weighted by Crippen LogP contribution is 2.26. The third kappa shape index (κ3) is 6.43. The number of amides is 1. The maximum atomic E-state index is 14.5. The second-order valence-electron chi connectivity index (χ2n) is 8.53. The molecule has 0 radical (unpaired) electrons. The first kappa shape index (κ1) is 25.2. The molecule has 9 nitrogen and oxygen atoms in total. The van der Waals surface area contributed by atoms with Gasteiger partial charge in [0.15, 0.2) is 5.82 Å². The molecule has 4 rings (SSSR count). The van der Waals surface area contributed by atoms with Crippen LogP contribution in [0, 0.1) is 21.8 Å². The minimum Gasteiger partial charge on any atom is -0.462 e. The number of non-ortho nitro benzene ring substituents is 1. The topological polar surface area (TPSA) is 112 Å². The number of anilines is 1. The molecule has 0 unspecified atom stereocenters. The Morgan fingerprint density at radius 1 is 1.11 bits per heavy atom. The number of benzene rings is 3. The van der Waals surface area contributed by atoms with Gasteiger partial charge in [-0.3, -0.25) is 14.9 Å². The summed E-state index contributed by atoms with van der Waals surface area (Å²) in [6, 6.07) is 19.1. The van der Waals surface area contributed by atoms with Crippen LogP contribution in [0.4, 0.5) is 15.8 Å². The number of hydrogen-bond acceptors (Lipinski definition) is 6. The van der Waals surface area contributed by atoms with Gasteiger partial charge in [0, 0.05) is 23.9 Å². The van der Waals surface area contributed by atoms with E-state index in [9.17, 15) is 19.3 Å². The number of halogens is 1. The third-order valence-electron chi connectivity index (χ3n) is 5.16. The van der Waals surface area contributed by atoms with Gasteiger partial charge in [0.2, 0.25) is 5.91 Å². The Morgan fingerprint density at radius 2 is 1.81 bits per heavy atom. The fourth-order valence-electron chi connectivity index (χ4n) is 3.34. The molecule has 1 aromatic heterocycles. The Labute approximate surface area is 212 Å². The molecule has 0 aliphatic carbocycles. The van der Waals surface area contributed by atoms with E-state index < -0.39 is 10.7 Å². The Balaban J connectivity index is 1.51. The summed E-state index contributed by atoms with van der Waals surface area (Å²) in [5, 5.41) is 17.9. The van der Waals surface area contributed by atoms with Crippen LogP contribution in [0.1, 0.15) is 19.4 Å². The van der Waals surface area contributed by atoms with Gasteiger partial charge in [-0.05, 0) is 66.1 Å². The Kier molecular flexibility index (Phi) is 7.68. The molecule has 0 aliphatic rings. The SMILES string of the molecule is CC(C)COc1nc(-c2ccccc2F)n(-c2ccc(NC(=O)C=Cc3ccc([N+](=O)[O-])cc3)cc2)n1. The van der Waals surface area contributed by atoms with Gasteiger partial charge in [0.05, 0.1) is 22.8 Å². The summed E-state index contributed by atoms with van der Waals surface area (Å²) in [4.78, 5) is 27.0. The molecule has 1 heterocycles. The lowest BCUT2D eigenvalue weighted by atomic mass is 10.2. The number of rotatable bonds is 9. The number of nitro benzene ring substituents is 1. The second kappa shape index (κ2) is 11.3. The van der Waals surface area contributed by atoms with Gasteiger partial charge in [-0.25, -0.2) is 9.07 Å². The quantitative estimate of drug-likeness (QED) is 0.180. The molecule has 10 heteroatoms. The fraction of sp³-hybridized carbons (Fsp3) is 0.148. The highest BCUT2D eigenvalue weighted by molar-refractivity contribution is 6.02. The van der Waals surface area contributed by atoms with Crippen molar-refractivity contribution in [2.24, 2.45) is 5.92 Å². The summed E-state index contributed by atoms with van der Waals surface area (Å²) < 4.78 is 21.7. The van der Waals surface area contributed by atoms with E-state index in [1.54, 1.807) is 60.7 Å². The molecule has 0 spiro atoms. The molecular formula is C27H24FN5O4. The molecule has 3 aromatic carbocycles. The van der Waals surface area contributed by atoms with Crippen molar-refractivity contribution >= 4 is 23.4 Å². The van der Waals surface area contributed by atoms with Crippen molar-refractivity contribution in [3.05, 3.63) is 100 Å². The highest BCUT2D eigenvalue weighted by atomic mass is 19.1. The van der Waals surface area contributed by atoms with Crippen molar-refractivity contribution in [1.29, 1.82) is 0 Å². The van der Waals surface area contributed by atoms with Gasteiger partial charge in [-0.15, -0.1) is 5.10 Å². The second-order valence-corrected chi connectivity index (χ2v) is 8.53. The van der Waals surface area contributed by atoms with Crippen LogP contribution in [-0.4, -0.2) is 32.2 Å². The molecule has 37 heavy (non-hydrogen) atoms. The minimum absolute atomic E-state index is 0.0224. The number of ether oxygens (including phenoxy) is 1. The molecule has 188 valence electrons. The maximum Gasteiger partial charge on any atom is 0.336 e. The normalized spacial score (nSPS) is 11.1. The molecule has 1 N–H and O–H groups in total. The lowest BCUT2D eigenvalue weighted by Gasteiger charge is -2.08. The third-order valence-corrected chi connectivity index (χ3v) is 5.16. The van der Waals surface area contributed by atoms with Crippen LogP contribution in [0.25, 0.3) is 23.2 Å². The number of hydrogen-bond donors (Lipinski definition) is 1. The van der Waals surface area contributed by atoms with E-state index in [1.807, 2.05) is 13.8 Å². The molecule has 0 bridgehead atoms. The summed E-state index contributed by atoms with van der Waals surface area (Å²) >= 11 is 0. The predicted octanol–water partition coefficient (Wildman–Crippen LogP) is 5.67. The number of nitrogens with zero attached hydrogens (tertiary/aromatic N) is 4. The first-order valence-electron chi connectivity index (χ1n) is 11.5. The highest BCUT2D eigenvalue weighted by Gasteiger charge is 2.18. The largest absolute Gasteiger partial charge is 0.462 e. The zero-order chi connectivity index (χ0) is 26.4. The first-order chi connectivity index (χ1) is 17.8. The van der Waals surface area contributed by atoms with Crippen LogP contribution in [0.15, 0.2) is 78.9 Å². The van der Waals surface area contributed by atoms with E-state index in [2.05, 4.69) is 15.4 Å². The first-order valence-corrected chi connectivity index (χ1v) is 11.5. The molecule has 0 saturated carbocycles. The minimum atomic E-state index is -0.484. The van der Waals surface area contributed by atoms with Crippen molar-refractivity contribution in [1.82, 2.24) is 14.8 Å². The van der Waals surface area contributed by atoms with Crippen LogP contribution in [0.3, 0.4) is 0 Å². The molecule has 0 aliphatic heterocycles. The average Bonchev–Trinajstić information content (AvgIpc) is 3.31. The summed E-state index contributed by atoms with van der Waals surface area (Å²) in [5.41, 5.74) is 2.04. The van der Waals surface area contributed by atoms with Gasteiger partial charge in [0.25, 0.3) is 5.69 Å². The van der Waals surface area contributed by atoms with E-state index in [0.29, 0.717) is 29.4 Å². The van der Waals surface area contributed by atoms with Gasteiger partial charge in [-0.2, -0.15) is 4.98 Å². The number of aromatic nitrogens is 3. The number of nitro groups is 1. The van der Waals surface area contributed by atoms with Gasteiger partial charge >= 0.3 is 6.01 Å². The van der Waals surface area contributed by atoms with E-state index in [1.165, 1.54) is 29.0 Å². The zero-order valence-electron chi connectivity index (χ0n) is 20.2. The van der Waals surface area contributed by atoms with E-state index in [4.69, 9.17) is 4.74 Å². The summed E-state index contributed by atoms with van der Waals surface area (Å²) in [5.74, 6) is -0.251. The lowest BCUT2D eigenvalue weighted by Crippen LogP contribution is -2.08. The molecule has 0 saturated heterocycles. The van der Waals surface area contributed by atoms with Gasteiger partial charge in [-0.1, -0.05) is 26.0 Å². The molecule has 0 fully saturated rings. The van der Waals surface area contributed by atoms with Gasteiger partial charge in [0.1, 0.15) is 5.82 Å². The van der Waals surface area contributed by atoms with Crippen LogP contribution in [0.5, 0.6) is 6.01 Å². The lowest BCUT2D eigenvalue weighted by molar-refractivity contribution is -0.384. The van der Waals surface area contributed by atoms with Crippen LogP contribution in [0.2, 0.25) is 0 Å². The van der Waals surface area contributed by atoms with Crippen LogP contribution < -0.4 is 10.1 Å². The van der Waals surface area contributed by atoms with E-state index in [0.717, 1.165) is 0 Å². The Morgan fingerprint density at radius 3 is 2.46 bits per heavy atom. The molecular weight excluding hydrogens is 477 g/mol. The number of nitrogens with one attached hydrogen (secondary N) is 1. The summed E-state index contributed by atoms with van der Waals surface area (Å²) in [6.07, 6.45) is 2.89. The molecule has 4 aromatic rings. The van der Waals surface area contributed by atoms with Crippen molar-refractivity contribution in [2.45, 2.75) is 13.8 Å². The molecule has 1 amide bonds. The smallest absolute Gasteiger partial charge is 0.336 e. The standard InChI is InChI=1S/C27H24FN5O4/c1-18(2)17-37-27-30-26(23-5-3-4-6-24(23)28)32(31-27)21-14-10-20(11-15-21)29-25(34)16-9-19-7-12-22(13-8-19)33(35)36/h3-16,18H,17H2,1-2H3,(H,29,34). The maximum absolute atomic E-state index is 14.5. The predicted molar refractivity (Wildman–Crippen MR) is 138 cm³/mol. The zero-order valence-corrected chi connectivity index (χ0v) is 20.2. The Bertz CT molecular complexity index is 1430. The summed E-state index contributed by atoms with van der Waals surface area (Å²) in [7, 11) is 0. The van der Waals surface area contributed by atoms with Crippen LogP contribution in [-0.2, 0) is 4.79 Å². The summed E-state index contributed by atoms with van der Waals surface area (Å²) in [6.45, 7) is 4.42. The Hall–Kier alpha value is -4.86. The van der Waals surface area contributed by atoms with Crippen molar-refractivity contribution in [3.63, 3.8) is 0 Å². The van der Waals surface area contributed by atoms with E-state index in [-0.39, 0.29) is 29.1 Å². The monoisotopic (exact) mass is 501 g/mol. The van der Waals surface area contributed by atoms with Crippen molar-refractivity contribution in [2.75, 3.05) is 11.9 Å². The number of carbonyl (C=O) groups is 1. The molecule has 0 atom stereocenters. The van der Waals surface area contributed by atoms with E-state index >= 15 is 0 Å². The van der Waals surface area contributed by atoms with Crippen LogP contribution >= 0.6 is 0 Å².